The number of hydrogen-bond acceptors (Lipinski definition) is 4. The third kappa shape index (κ3) is 2.81. The van der Waals surface area contributed by atoms with E-state index >= 15 is 0 Å². The molecule has 5 heteroatoms. The first-order valence-electron chi connectivity index (χ1n) is 7.30. The molecule has 0 fully saturated rings. The molecule has 1 aliphatic rings. The summed E-state index contributed by atoms with van der Waals surface area (Å²) >= 11 is 6.29. The number of fused-ring (bicyclic) bond motifs is 1. The summed E-state index contributed by atoms with van der Waals surface area (Å²) < 4.78 is 5.81. The molecule has 0 amide bonds. The summed E-state index contributed by atoms with van der Waals surface area (Å²) in [6.45, 7) is 3.71. The number of aromatic nitrogens is 2. The zero-order valence-corrected chi connectivity index (χ0v) is 12.8. The minimum Gasteiger partial charge on any atom is -0.491 e. The lowest BCUT2D eigenvalue weighted by molar-refractivity contribution is 0.322. The van der Waals surface area contributed by atoms with Gasteiger partial charge in [0, 0.05) is 12.1 Å². The van der Waals surface area contributed by atoms with Gasteiger partial charge in [-0.2, -0.15) is 0 Å². The average Bonchev–Trinajstić information content (AvgIpc) is 2.72. The second-order valence-electron chi connectivity index (χ2n) is 5.04. The summed E-state index contributed by atoms with van der Waals surface area (Å²) in [5.74, 6) is 1.79. The van der Waals surface area contributed by atoms with Crippen molar-refractivity contribution in [2.24, 2.45) is 0 Å². The van der Waals surface area contributed by atoms with Gasteiger partial charge in [-0.3, -0.25) is 0 Å². The Bertz CT molecular complexity index is 633. The lowest BCUT2D eigenvalue weighted by Gasteiger charge is -2.25. The van der Waals surface area contributed by atoms with E-state index in [1.54, 1.807) is 0 Å². The molecular weight excluding hydrogens is 286 g/mol. The smallest absolute Gasteiger partial charge is 0.142 e. The van der Waals surface area contributed by atoms with Gasteiger partial charge in [-0.1, -0.05) is 37.1 Å². The number of ether oxygens (including phenoxy) is 1. The third-order valence-corrected chi connectivity index (χ3v) is 3.89. The van der Waals surface area contributed by atoms with Crippen LogP contribution in [0.1, 0.15) is 25.3 Å². The first-order valence-corrected chi connectivity index (χ1v) is 7.67. The van der Waals surface area contributed by atoms with Crippen LogP contribution in [0.4, 0.5) is 11.5 Å². The van der Waals surface area contributed by atoms with E-state index in [1.165, 1.54) is 6.33 Å². The first-order chi connectivity index (χ1) is 10.3. The van der Waals surface area contributed by atoms with Crippen molar-refractivity contribution >= 4 is 23.1 Å². The molecule has 21 heavy (non-hydrogen) atoms. The molecule has 4 nitrogen and oxygen atoms in total. The summed E-state index contributed by atoms with van der Waals surface area (Å²) in [7, 11) is 0. The number of halogens is 1. The van der Waals surface area contributed by atoms with Crippen molar-refractivity contribution < 1.29 is 4.74 Å². The van der Waals surface area contributed by atoms with Crippen LogP contribution in [-0.4, -0.2) is 23.1 Å². The molecule has 0 saturated carbocycles. The lowest BCUT2D eigenvalue weighted by Crippen LogP contribution is -2.21. The molecule has 0 spiro atoms. The summed E-state index contributed by atoms with van der Waals surface area (Å²) in [6, 6.07) is 8.06. The van der Waals surface area contributed by atoms with Crippen molar-refractivity contribution in [1.29, 1.82) is 0 Å². The van der Waals surface area contributed by atoms with Crippen LogP contribution in [0, 0.1) is 0 Å². The Labute approximate surface area is 129 Å². The number of nitrogens with zero attached hydrogens (tertiary/aromatic N) is 3. The summed E-state index contributed by atoms with van der Waals surface area (Å²) in [5.41, 5.74) is 2.06. The Morgan fingerprint density at radius 3 is 3.00 bits per heavy atom. The molecule has 1 aromatic carbocycles. The minimum atomic E-state index is 0.546. The van der Waals surface area contributed by atoms with Gasteiger partial charge in [-0.25, -0.2) is 9.97 Å². The van der Waals surface area contributed by atoms with Crippen LogP contribution in [0.15, 0.2) is 30.6 Å². The first kappa shape index (κ1) is 14.1. The normalized spacial score (nSPS) is 14.3. The maximum atomic E-state index is 6.29. The van der Waals surface area contributed by atoms with Crippen LogP contribution in [0.25, 0.3) is 0 Å². The maximum absolute atomic E-state index is 6.29. The molecule has 0 atom stereocenters. The van der Waals surface area contributed by atoms with E-state index < -0.39 is 0 Å². The quantitative estimate of drug-likeness (QED) is 0.803. The molecule has 0 radical (unpaired) electrons. The minimum absolute atomic E-state index is 0.546. The lowest BCUT2D eigenvalue weighted by atomic mass is 10.1. The predicted octanol–water partition coefficient (Wildman–Crippen LogP) is 4.00. The molecule has 0 bridgehead atoms. The summed E-state index contributed by atoms with van der Waals surface area (Å²) in [6.07, 6.45) is 4.35. The van der Waals surface area contributed by atoms with Crippen LogP contribution in [-0.2, 0) is 6.42 Å². The van der Waals surface area contributed by atoms with Crippen molar-refractivity contribution in [3.05, 3.63) is 41.3 Å². The fourth-order valence-electron chi connectivity index (χ4n) is 2.63. The highest BCUT2D eigenvalue weighted by Crippen LogP contribution is 2.37. The zero-order chi connectivity index (χ0) is 14.7. The van der Waals surface area contributed by atoms with E-state index in [-0.39, 0.29) is 0 Å². The number of hydrogen-bond donors (Lipinski definition) is 0. The SMILES string of the molecule is CCCc1c(Cl)ncnc1N1CCCOc2ccccc21. The third-order valence-electron chi connectivity index (χ3n) is 3.57. The van der Waals surface area contributed by atoms with E-state index in [4.69, 9.17) is 16.3 Å². The summed E-state index contributed by atoms with van der Waals surface area (Å²) in [5, 5.41) is 0.546. The van der Waals surface area contributed by atoms with E-state index in [2.05, 4.69) is 27.9 Å². The molecule has 110 valence electrons. The predicted molar refractivity (Wildman–Crippen MR) is 84.6 cm³/mol. The second kappa shape index (κ2) is 6.31. The van der Waals surface area contributed by atoms with Crippen molar-refractivity contribution in [2.75, 3.05) is 18.1 Å². The van der Waals surface area contributed by atoms with Gasteiger partial charge in [0.25, 0.3) is 0 Å². The van der Waals surface area contributed by atoms with Crippen LogP contribution in [0.2, 0.25) is 5.15 Å². The number of rotatable bonds is 3. The summed E-state index contributed by atoms with van der Waals surface area (Å²) in [4.78, 5) is 10.8. The molecule has 0 saturated heterocycles. The standard InChI is InChI=1S/C16H18ClN3O/c1-2-6-12-15(17)18-11-19-16(12)20-9-5-10-21-14-8-4-3-7-13(14)20/h3-4,7-8,11H,2,5-6,9-10H2,1H3. The van der Waals surface area contributed by atoms with Gasteiger partial charge < -0.3 is 9.64 Å². The van der Waals surface area contributed by atoms with Gasteiger partial charge in [0.05, 0.1) is 12.3 Å². The highest BCUT2D eigenvalue weighted by atomic mass is 35.5. The molecular formula is C16H18ClN3O. The topological polar surface area (TPSA) is 38.2 Å². The zero-order valence-electron chi connectivity index (χ0n) is 12.1. The fourth-order valence-corrected chi connectivity index (χ4v) is 2.85. The van der Waals surface area contributed by atoms with Gasteiger partial charge in [0.1, 0.15) is 23.0 Å². The Morgan fingerprint density at radius 1 is 1.29 bits per heavy atom. The molecule has 1 aliphatic heterocycles. The highest BCUT2D eigenvalue weighted by molar-refractivity contribution is 6.30. The van der Waals surface area contributed by atoms with Gasteiger partial charge in [-0.15, -0.1) is 0 Å². The Kier molecular flexibility index (Phi) is 4.25. The molecule has 3 rings (SSSR count). The maximum Gasteiger partial charge on any atom is 0.142 e. The van der Waals surface area contributed by atoms with Crippen LogP contribution < -0.4 is 9.64 Å². The number of benzene rings is 1. The monoisotopic (exact) mass is 303 g/mol. The van der Waals surface area contributed by atoms with Gasteiger partial charge in [-0.05, 0) is 25.0 Å². The van der Waals surface area contributed by atoms with E-state index in [1.807, 2.05) is 18.2 Å². The molecule has 0 N–H and O–H groups in total. The Balaban J connectivity index is 2.10. The molecule has 1 aromatic heterocycles. The van der Waals surface area contributed by atoms with Gasteiger partial charge >= 0.3 is 0 Å². The average molecular weight is 304 g/mol. The van der Waals surface area contributed by atoms with Crippen molar-refractivity contribution in [1.82, 2.24) is 9.97 Å². The van der Waals surface area contributed by atoms with Crippen molar-refractivity contribution in [2.45, 2.75) is 26.2 Å². The Hall–Kier alpha value is -1.81. The largest absolute Gasteiger partial charge is 0.491 e. The van der Waals surface area contributed by atoms with Gasteiger partial charge in [0.2, 0.25) is 0 Å². The highest BCUT2D eigenvalue weighted by Gasteiger charge is 2.22. The van der Waals surface area contributed by atoms with Crippen molar-refractivity contribution in [3.8, 4) is 5.75 Å². The number of anilines is 2. The van der Waals surface area contributed by atoms with Crippen LogP contribution in [0.5, 0.6) is 5.75 Å². The second-order valence-corrected chi connectivity index (χ2v) is 5.40. The van der Waals surface area contributed by atoms with E-state index in [9.17, 15) is 0 Å². The van der Waals surface area contributed by atoms with Crippen molar-refractivity contribution in [3.63, 3.8) is 0 Å². The van der Waals surface area contributed by atoms with E-state index in [0.29, 0.717) is 5.15 Å². The molecule has 2 aromatic rings. The fraction of sp³-hybridized carbons (Fsp3) is 0.375. The van der Waals surface area contributed by atoms with Crippen LogP contribution >= 0.6 is 11.6 Å². The van der Waals surface area contributed by atoms with Crippen LogP contribution in [0.3, 0.4) is 0 Å². The van der Waals surface area contributed by atoms with Gasteiger partial charge in [0.15, 0.2) is 0 Å². The number of para-hydroxylation sites is 2. The molecule has 0 aliphatic carbocycles. The van der Waals surface area contributed by atoms with E-state index in [0.717, 1.165) is 55.2 Å². The molecule has 0 unspecified atom stereocenters. The molecule has 2 heterocycles. The Morgan fingerprint density at radius 2 is 2.14 bits per heavy atom.